The average Bonchev–Trinajstić information content (AvgIpc) is 2.85. The fourth-order valence-corrected chi connectivity index (χ4v) is 3.03. The molecule has 68 valence electrons. The number of rotatable bonds is 0. The van der Waals surface area contributed by atoms with Gasteiger partial charge in [0.2, 0.25) is 0 Å². The van der Waals surface area contributed by atoms with Crippen LogP contribution in [0.25, 0.3) is 0 Å². The Hall–Kier alpha value is -0.700. The number of halogens is 1. The summed E-state index contributed by atoms with van der Waals surface area (Å²) in [4.78, 5) is 1.07. The molecule has 0 saturated heterocycles. The van der Waals surface area contributed by atoms with Crippen LogP contribution in [0.2, 0.25) is 0 Å². The maximum absolute atomic E-state index is 13.3. The lowest BCUT2D eigenvalue weighted by Crippen LogP contribution is -2.23. The van der Waals surface area contributed by atoms with E-state index in [1.165, 1.54) is 18.9 Å². The van der Waals surface area contributed by atoms with Gasteiger partial charge in [-0.05, 0) is 25.0 Å². The van der Waals surface area contributed by atoms with E-state index < -0.39 is 0 Å². The number of anilines is 1. The first kappa shape index (κ1) is 7.68. The highest BCUT2D eigenvalue weighted by Crippen LogP contribution is 2.55. The summed E-state index contributed by atoms with van der Waals surface area (Å²) in [6.45, 7) is 0.922. The number of fused-ring (bicyclic) bond motifs is 1. The summed E-state index contributed by atoms with van der Waals surface area (Å²) in [5, 5.41) is 3.19. The lowest BCUT2D eigenvalue weighted by Gasteiger charge is -2.25. The molecule has 0 radical (unpaired) electrons. The molecule has 1 heterocycles. The van der Waals surface area contributed by atoms with Crippen molar-refractivity contribution in [1.82, 2.24) is 0 Å². The second-order valence-electron chi connectivity index (χ2n) is 3.75. The molecule has 3 heteroatoms. The highest BCUT2D eigenvalue weighted by Gasteiger charge is 2.46. The quantitative estimate of drug-likeness (QED) is 0.683. The van der Waals surface area contributed by atoms with Gasteiger partial charge in [0.05, 0.1) is 5.69 Å². The summed E-state index contributed by atoms with van der Waals surface area (Å²) in [5.41, 5.74) is 0.699. The van der Waals surface area contributed by atoms with Gasteiger partial charge >= 0.3 is 0 Å². The van der Waals surface area contributed by atoms with Gasteiger partial charge in [-0.25, -0.2) is 4.39 Å². The predicted octanol–water partition coefficient (Wildman–Crippen LogP) is 2.88. The highest BCUT2D eigenvalue weighted by atomic mass is 32.2. The average molecular weight is 195 g/mol. The zero-order chi connectivity index (χ0) is 8.89. The first-order valence-corrected chi connectivity index (χ1v) is 5.32. The van der Waals surface area contributed by atoms with E-state index in [2.05, 4.69) is 5.32 Å². The van der Waals surface area contributed by atoms with Crippen molar-refractivity contribution in [2.24, 2.45) is 0 Å². The second kappa shape index (κ2) is 2.41. The fraction of sp³-hybridized carbons (Fsp3) is 0.400. The lowest BCUT2D eigenvalue weighted by atomic mass is 10.2. The summed E-state index contributed by atoms with van der Waals surface area (Å²) in [6.07, 6.45) is 2.53. The molecule has 1 aliphatic heterocycles. The Morgan fingerprint density at radius 2 is 2.23 bits per heavy atom. The Labute approximate surface area is 80.7 Å². The molecule has 13 heavy (non-hydrogen) atoms. The summed E-state index contributed by atoms with van der Waals surface area (Å²) < 4.78 is 13.7. The molecule has 1 N–H and O–H groups in total. The van der Waals surface area contributed by atoms with Crippen molar-refractivity contribution < 1.29 is 4.39 Å². The van der Waals surface area contributed by atoms with Crippen molar-refractivity contribution in [2.75, 3.05) is 11.9 Å². The van der Waals surface area contributed by atoms with E-state index in [1.54, 1.807) is 6.07 Å². The monoisotopic (exact) mass is 195 g/mol. The molecule has 3 rings (SSSR count). The molecule has 2 aliphatic rings. The molecular formula is C10H10FNS. The Morgan fingerprint density at radius 1 is 1.38 bits per heavy atom. The lowest BCUT2D eigenvalue weighted by molar-refractivity contribution is 0.625. The van der Waals surface area contributed by atoms with Gasteiger partial charge in [-0.1, -0.05) is 6.07 Å². The minimum atomic E-state index is -0.125. The number of hydrogen-bond donors (Lipinski definition) is 1. The third-order valence-corrected chi connectivity index (χ3v) is 4.24. The Balaban J connectivity index is 2.05. The standard InChI is InChI=1S/C10H10FNS/c11-7-2-1-3-8-9(7)12-6-10(13-8)4-5-10/h1-3,12H,4-6H2. The van der Waals surface area contributed by atoms with Crippen LogP contribution in [0.5, 0.6) is 0 Å². The SMILES string of the molecule is Fc1cccc2c1NCC1(CC1)S2. The number of benzene rings is 1. The van der Waals surface area contributed by atoms with Gasteiger partial charge in [-0.15, -0.1) is 11.8 Å². The van der Waals surface area contributed by atoms with E-state index in [-0.39, 0.29) is 5.82 Å². The Bertz CT molecular complexity index is 360. The number of hydrogen-bond acceptors (Lipinski definition) is 2. The maximum atomic E-state index is 13.3. The van der Waals surface area contributed by atoms with Crippen LogP contribution in [0, 0.1) is 5.82 Å². The van der Waals surface area contributed by atoms with E-state index in [0.29, 0.717) is 10.4 Å². The van der Waals surface area contributed by atoms with E-state index in [0.717, 1.165) is 11.4 Å². The van der Waals surface area contributed by atoms with Crippen LogP contribution in [-0.4, -0.2) is 11.3 Å². The summed E-state index contributed by atoms with van der Waals surface area (Å²) in [6, 6.07) is 5.29. The minimum absolute atomic E-state index is 0.125. The molecule has 0 unspecified atom stereocenters. The zero-order valence-electron chi connectivity index (χ0n) is 7.14. The van der Waals surface area contributed by atoms with Crippen LogP contribution in [0.1, 0.15) is 12.8 Å². The van der Waals surface area contributed by atoms with Crippen molar-refractivity contribution in [3.05, 3.63) is 24.0 Å². The van der Waals surface area contributed by atoms with Gasteiger partial charge < -0.3 is 5.32 Å². The molecule has 1 fully saturated rings. The van der Waals surface area contributed by atoms with Crippen molar-refractivity contribution in [3.8, 4) is 0 Å². The molecule has 0 aromatic heterocycles. The van der Waals surface area contributed by atoms with Gasteiger partial charge in [0, 0.05) is 16.2 Å². The van der Waals surface area contributed by atoms with Crippen LogP contribution < -0.4 is 5.32 Å². The molecule has 1 saturated carbocycles. The first-order chi connectivity index (χ1) is 6.29. The second-order valence-corrected chi connectivity index (χ2v) is 5.26. The van der Waals surface area contributed by atoms with Crippen LogP contribution in [0.3, 0.4) is 0 Å². The van der Waals surface area contributed by atoms with E-state index in [9.17, 15) is 4.39 Å². The van der Waals surface area contributed by atoms with Crippen molar-refractivity contribution in [3.63, 3.8) is 0 Å². The van der Waals surface area contributed by atoms with Gasteiger partial charge in [0.1, 0.15) is 5.82 Å². The fourth-order valence-electron chi connectivity index (χ4n) is 1.70. The Morgan fingerprint density at radius 3 is 3.00 bits per heavy atom. The topological polar surface area (TPSA) is 12.0 Å². The first-order valence-electron chi connectivity index (χ1n) is 4.51. The molecule has 1 nitrogen and oxygen atoms in total. The number of para-hydroxylation sites is 1. The Kier molecular flexibility index (Phi) is 1.42. The third-order valence-electron chi connectivity index (χ3n) is 2.70. The largest absolute Gasteiger partial charge is 0.380 e. The normalized spacial score (nSPS) is 22.2. The third kappa shape index (κ3) is 1.14. The minimum Gasteiger partial charge on any atom is -0.380 e. The van der Waals surface area contributed by atoms with Crippen LogP contribution in [0.15, 0.2) is 23.1 Å². The summed E-state index contributed by atoms with van der Waals surface area (Å²) in [5.74, 6) is -0.125. The van der Waals surface area contributed by atoms with Gasteiger partial charge in [-0.2, -0.15) is 0 Å². The van der Waals surface area contributed by atoms with Crippen LogP contribution in [-0.2, 0) is 0 Å². The maximum Gasteiger partial charge on any atom is 0.147 e. The van der Waals surface area contributed by atoms with Crippen LogP contribution >= 0.6 is 11.8 Å². The van der Waals surface area contributed by atoms with Crippen molar-refractivity contribution in [2.45, 2.75) is 22.5 Å². The van der Waals surface area contributed by atoms with Gasteiger partial charge in [-0.3, -0.25) is 0 Å². The molecular weight excluding hydrogens is 185 g/mol. The smallest absolute Gasteiger partial charge is 0.147 e. The molecule has 0 bridgehead atoms. The molecule has 1 spiro atoms. The van der Waals surface area contributed by atoms with Gasteiger partial charge in [0.15, 0.2) is 0 Å². The molecule has 1 aromatic rings. The van der Waals surface area contributed by atoms with Crippen LogP contribution in [0.4, 0.5) is 10.1 Å². The predicted molar refractivity (Wildman–Crippen MR) is 52.7 cm³/mol. The number of thioether (sulfide) groups is 1. The molecule has 0 amide bonds. The van der Waals surface area contributed by atoms with E-state index in [1.807, 2.05) is 17.8 Å². The molecule has 1 aromatic carbocycles. The highest BCUT2D eigenvalue weighted by molar-refractivity contribution is 8.01. The van der Waals surface area contributed by atoms with E-state index in [4.69, 9.17) is 0 Å². The molecule has 1 aliphatic carbocycles. The number of nitrogens with one attached hydrogen (secondary N) is 1. The van der Waals surface area contributed by atoms with Gasteiger partial charge in [0.25, 0.3) is 0 Å². The van der Waals surface area contributed by atoms with Crippen molar-refractivity contribution >= 4 is 17.4 Å². The summed E-state index contributed by atoms with van der Waals surface area (Å²) in [7, 11) is 0. The molecule has 0 atom stereocenters. The summed E-state index contributed by atoms with van der Waals surface area (Å²) >= 11 is 1.84. The van der Waals surface area contributed by atoms with E-state index >= 15 is 0 Å². The van der Waals surface area contributed by atoms with Crippen molar-refractivity contribution in [1.29, 1.82) is 0 Å². The zero-order valence-corrected chi connectivity index (χ0v) is 7.96.